The fraction of sp³-hybridized carbons (Fsp3) is 0.294. The Bertz CT molecular complexity index is 574. The second-order valence-corrected chi connectivity index (χ2v) is 5.14. The largest absolute Gasteiger partial charge is 0.360 e. The maximum atomic E-state index is 10.6. The maximum absolute atomic E-state index is 10.6. The number of methoxy groups -OCH3 is 1. The summed E-state index contributed by atoms with van der Waals surface area (Å²) in [7, 11) is 1.57. The van der Waals surface area contributed by atoms with E-state index in [1.807, 2.05) is 60.7 Å². The molecule has 0 saturated carbocycles. The summed E-state index contributed by atoms with van der Waals surface area (Å²) < 4.78 is 5.54. The predicted octanol–water partition coefficient (Wildman–Crippen LogP) is 3.07. The molecule has 0 amide bonds. The number of ether oxygens (including phenoxy) is 1. The van der Waals surface area contributed by atoms with E-state index in [4.69, 9.17) is 14.5 Å². The third kappa shape index (κ3) is 2.59. The smallest absolute Gasteiger partial charge is 0.227 e. The number of benzene rings is 2. The van der Waals surface area contributed by atoms with Gasteiger partial charge in [-0.25, -0.2) is 0 Å². The van der Waals surface area contributed by atoms with Crippen LogP contribution in [0.2, 0.25) is 0 Å². The van der Waals surface area contributed by atoms with Gasteiger partial charge in [-0.05, 0) is 0 Å². The summed E-state index contributed by atoms with van der Waals surface area (Å²) in [6.07, 6.45) is 0.860. The fourth-order valence-corrected chi connectivity index (χ4v) is 2.58. The molecule has 1 heterocycles. The van der Waals surface area contributed by atoms with Crippen molar-refractivity contribution in [2.75, 3.05) is 7.11 Å². The Kier molecular flexibility index (Phi) is 3.78. The van der Waals surface area contributed by atoms with Gasteiger partial charge in [0, 0.05) is 31.1 Å². The number of hydrogen-bond donors (Lipinski definition) is 1. The molecule has 1 saturated heterocycles. The van der Waals surface area contributed by atoms with E-state index in [2.05, 4.69) is 0 Å². The van der Waals surface area contributed by atoms with Crippen LogP contribution in [0.4, 0.5) is 0 Å². The van der Waals surface area contributed by atoms with Crippen molar-refractivity contribution in [1.82, 2.24) is 0 Å². The molecule has 2 aromatic rings. The summed E-state index contributed by atoms with van der Waals surface area (Å²) in [5.74, 6) is -2.43. The van der Waals surface area contributed by atoms with E-state index in [1.165, 1.54) is 0 Å². The van der Waals surface area contributed by atoms with Gasteiger partial charge in [0.1, 0.15) is 0 Å². The fourth-order valence-electron chi connectivity index (χ4n) is 2.58. The molecular formula is C17H18O4. The molecule has 2 unspecified atom stereocenters. The molecule has 2 atom stereocenters. The molecule has 110 valence electrons. The molecule has 1 fully saturated rings. The Hall–Kier alpha value is -1.72. The summed E-state index contributed by atoms with van der Waals surface area (Å²) in [6.45, 7) is 0. The highest BCUT2D eigenvalue weighted by Crippen LogP contribution is 2.43. The topological polar surface area (TPSA) is 47.9 Å². The van der Waals surface area contributed by atoms with Gasteiger partial charge >= 0.3 is 0 Å². The van der Waals surface area contributed by atoms with Crippen LogP contribution in [0.1, 0.15) is 24.0 Å². The second kappa shape index (κ2) is 5.58. The van der Waals surface area contributed by atoms with Gasteiger partial charge in [-0.3, -0.25) is 0 Å². The van der Waals surface area contributed by atoms with Gasteiger partial charge in [-0.1, -0.05) is 60.7 Å². The van der Waals surface area contributed by atoms with Crippen molar-refractivity contribution in [2.24, 2.45) is 0 Å². The highest BCUT2D eigenvalue weighted by Gasteiger charge is 2.47. The first-order chi connectivity index (χ1) is 10.2. The van der Waals surface area contributed by atoms with Gasteiger partial charge in [-0.15, -0.1) is 0 Å². The van der Waals surface area contributed by atoms with Crippen molar-refractivity contribution < 1.29 is 19.6 Å². The van der Waals surface area contributed by atoms with E-state index in [0.29, 0.717) is 18.4 Å². The number of hydrogen-bond acceptors (Lipinski definition) is 4. The van der Waals surface area contributed by atoms with Gasteiger partial charge < -0.3 is 9.84 Å². The van der Waals surface area contributed by atoms with Crippen molar-refractivity contribution in [3.05, 3.63) is 71.8 Å². The molecule has 4 nitrogen and oxygen atoms in total. The Labute approximate surface area is 123 Å². The van der Waals surface area contributed by atoms with Crippen LogP contribution in [0.5, 0.6) is 0 Å². The molecule has 0 bridgehead atoms. The molecule has 3 rings (SSSR count). The molecule has 0 radical (unpaired) electrons. The van der Waals surface area contributed by atoms with E-state index in [1.54, 1.807) is 7.11 Å². The number of rotatable bonds is 3. The van der Waals surface area contributed by atoms with Crippen molar-refractivity contribution >= 4 is 0 Å². The van der Waals surface area contributed by atoms with Crippen LogP contribution >= 0.6 is 0 Å². The summed E-state index contributed by atoms with van der Waals surface area (Å²) >= 11 is 0. The predicted molar refractivity (Wildman–Crippen MR) is 76.9 cm³/mol. The first-order valence-electron chi connectivity index (χ1n) is 6.94. The standard InChI is InChI=1S/C17H18O4/c1-19-17(15-10-6-3-7-11-15)13-12-16(18,20-21-17)14-8-4-2-5-9-14/h2-11,18H,12-13H2,1H3. The van der Waals surface area contributed by atoms with Crippen molar-refractivity contribution in [3.8, 4) is 0 Å². The van der Waals surface area contributed by atoms with Gasteiger partial charge in [0.05, 0.1) is 0 Å². The Morgan fingerprint density at radius 1 is 0.857 bits per heavy atom. The zero-order chi connectivity index (χ0) is 14.8. The molecule has 1 aliphatic heterocycles. The van der Waals surface area contributed by atoms with E-state index in [9.17, 15) is 5.11 Å². The van der Waals surface area contributed by atoms with Gasteiger partial charge in [0.25, 0.3) is 0 Å². The Balaban J connectivity index is 1.83. The highest BCUT2D eigenvalue weighted by molar-refractivity contribution is 5.23. The van der Waals surface area contributed by atoms with E-state index < -0.39 is 11.6 Å². The first kappa shape index (κ1) is 14.2. The van der Waals surface area contributed by atoms with E-state index in [0.717, 1.165) is 5.56 Å². The summed E-state index contributed by atoms with van der Waals surface area (Å²) in [5.41, 5.74) is 1.53. The molecular weight excluding hydrogens is 268 g/mol. The zero-order valence-electron chi connectivity index (χ0n) is 11.9. The van der Waals surface area contributed by atoms with Crippen LogP contribution in [0.3, 0.4) is 0 Å². The zero-order valence-corrected chi connectivity index (χ0v) is 11.9. The minimum Gasteiger partial charge on any atom is -0.360 e. The molecule has 4 heteroatoms. The average Bonchev–Trinajstić information content (AvgIpc) is 2.58. The molecule has 0 aliphatic carbocycles. The highest BCUT2D eigenvalue weighted by atomic mass is 17.3. The summed E-state index contributed by atoms with van der Waals surface area (Å²) in [5, 5.41) is 10.6. The van der Waals surface area contributed by atoms with Crippen LogP contribution in [0.25, 0.3) is 0 Å². The van der Waals surface area contributed by atoms with Crippen LogP contribution in [0, 0.1) is 0 Å². The molecule has 1 N–H and O–H groups in total. The Morgan fingerprint density at radius 3 is 1.90 bits per heavy atom. The summed E-state index contributed by atoms with van der Waals surface area (Å²) in [6, 6.07) is 18.8. The monoisotopic (exact) mass is 286 g/mol. The lowest BCUT2D eigenvalue weighted by Gasteiger charge is -2.41. The van der Waals surface area contributed by atoms with E-state index >= 15 is 0 Å². The van der Waals surface area contributed by atoms with Crippen molar-refractivity contribution in [3.63, 3.8) is 0 Å². The van der Waals surface area contributed by atoms with Gasteiger partial charge in [0.2, 0.25) is 11.6 Å². The lowest BCUT2D eigenvalue weighted by molar-refractivity contribution is -0.537. The lowest BCUT2D eigenvalue weighted by Crippen LogP contribution is -2.44. The third-order valence-corrected chi connectivity index (χ3v) is 3.88. The quantitative estimate of drug-likeness (QED) is 0.881. The van der Waals surface area contributed by atoms with Crippen LogP contribution in [-0.4, -0.2) is 12.2 Å². The van der Waals surface area contributed by atoms with Crippen molar-refractivity contribution in [2.45, 2.75) is 24.4 Å². The van der Waals surface area contributed by atoms with Crippen LogP contribution < -0.4 is 0 Å². The summed E-state index contributed by atoms with van der Waals surface area (Å²) in [4.78, 5) is 10.8. The SMILES string of the molecule is COC1(c2ccccc2)CCC(O)(c2ccccc2)OO1. The third-order valence-electron chi connectivity index (χ3n) is 3.88. The van der Waals surface area contributed by atoms with Crippen LogP contribution in [-0.2, 0) is 26.1 Å². The average molecular weight is 286 g/mol. The van der Waals surface area contributed by atoms with E-state index in [-0.39, 0.29) is 0 Å². The van der Waals surface area contributed by atoms with Gasteiger partial charge in [-0.2, -0.15) is 9.78 Å². The molecule has 0 aromatic heterocycles. The first-order valence-corrected chi connectivity index (χ1v) is 6.94. The minimum atomic E-state index is -1.45. The van der Waals surface area contributed by atoms with Crippen LogP contribution in [0.15, 0.2) is 60.7 Å². The lowest BCUT2D eigenvalue weighted by atomic mass is 9.93. The Morgan fingerprint density at radius 2 is 1.43 bits per heavy atom. The van der Waals surface area contributed by atoms with Gasteiger partial charge in [0.15, 0.2) is 0 Å². The molecule has 0 spiro atoms. The van der Waals surface area contributed by atoms with Crippen molar-refractivity contribution in [1.29, 1.82) is 0 Å². The second-order valence-electron chi connectivity index (χ2n) is 5.14. The number of aliphatic hydroxyl groups is 1. The molecule has 2 aromatic carbocycles. The minimum absolute atomic E-state index is 0.375. The molecule has 21 heavy (non-hydrogen) atoms. The normalized spacial score (nSPS) is 29.2. The molecule has 1 aliphatic rings. The maximum Gasteiger partial charge on any atom is 0.227 e.